The van der Waals surface area contributed by atoms with E-state index >= 15 is 0 Å². The molecule has 0 aliphatic heterocycles. The summed E-state index contributed by atoms with van der Waals surface area (Å²) in [6.07, 6.45) is 7.96. The molecule has 0 aromatic carbocycles. The molecule has 1 unspecified atom stereocenters. The van der Waals surface area contributed by atoms with Crippen molar-refractivity contribution in [2.75, 3.05) is 13.2 Å². The summed E-state index contributed by atoms with van der Waals surface area (Å²) in [7, 11) is 0. The van der Waals surface area contributed by atoms with Gasteiger partial charge in [-0.3, -0.25) is 0 Å². The lowest BCUT2D eigenvalue weighted by molar-refractivity contribution is -0.168. The van der Waals surface area contributed by atoms with Gasteiger partial charge in [-0.25, -0.2) is 0 Å². The summed E-state index contributed by atoms with van der Waals surface area (Å²) in [6, 6.07) is 0. The van der Waals surface area contributed by atoms with Crippen molar-refractivity contribution in [2.45, 2.75) is 39.4 Å². The third-order valence-electron chi connectivity index (χ3n) is 2.36. The molecule has 0 fully saturated rings. The maximum absolute atomic E-state index is 5.57. The number of ether oxygens (including phenoxy) is 2. The van der Waals surface area contributed by atoms with Gasteiger partial charge in [0.15, 0.2) is 6.29 Å². The largest absolute Gasteiger partial charge is 0.353 e. The second kappa shape index (κ2) is 6.17. The lowest BCUT2D eigenvalue weighted by Gasteiger charge is -2.27. The Balaban J connectivity index is 2.37. The van der Waals surface area contributed by atoms with Gasteiger partial charge in [0.25, 0.3) is 0 Å². The summed E-state index contributed by atoms with van der Waals surface area (Å²) in [5, 5.41) is 0. The molecule has 0 amide bonds. The van der Waals surface area contributed by atoms with Gasteiger partial charge in [0.1, 0.15) is 0 Å². The van der Waals surface area contributed by atoms with Crippen molar-refractivity contribution in [3.05, 3.63) is 12.2 Å². The number of allylic oxidation sites excluding steroid dienone is 2. The van der Waals surface area contributed by atoms with Crippen molar-refractivity contribution in [3.8, 4) is 0 Å². The van der Waals surface area contributed by atoms with E-state index in [4.69, 9.17) is 9.47 Å². The van der Waals surface area contributed by atoms with E-state index in [1.807, 2.05) is 13.8 Å². The van der Waals surface area contributed by atoms with Crippen LogP contribution in [0.4, 0.5) is 0 Å². The average molecular weight is 184 g/mol. The molecule has 0 N–H and O–H groups in total. The van der Waals surface area contributed by atoms with E-state index in [-0.39, 0.29) is 6.29 Å². The van der Waals surface area contributed by atoms with Crippen LogP contribution in [-0.4, -0.2) is 19.5 Å². The van der Waals surface area contributed by atoms with Crippen molar-refractivity contribution in [1.82, 2.24) is 0 Å². The van der Waals surface area contributed by atoms with E-state index in [0.29, 0.717) is 5.92 Å². The molecular weight excluding hydrogens is 164 g/mol. The SMILES string of the molecule is CCOC(OCC)C1CC=CCC1. The van der Waals surface area contributed by atoms with Gasteiger partial charge < -0.3 is 9.47 Å². The van der Waals surface area contributed by atoms with Crippen LogP contribution in [0.15, 0.2) is 12.2 Å². The van der Waals surface area contributed by atoms with Crippen LogP contribution in [0, 0.1) is 5.92 Å². The van der Waals surface area contributed by atoms with Crippen molar-refractivity contribution >= 4 is 0 Å². The zero-order valence-electron chi connectivity index (χ0n) is 8.66. The van der Waals surface area contributed by atoms with Crippen LogP contribution in [-0.2, 0) is 9.47 Å². The van der Waals surface area contributed by atoms with Crippen molar-refractivity contribution in [3.63, 3.8) is 0 Å². The van der Waals surface area contributed by atoms with E-state index in [9.17, 15) is 0 Å². The first-order valence-electron chi connectivity index (χ1n) is 5.26. The van der Waals surface area contributed by atoms with Crippen molar-refractivity contribution in [1.29, 1.82) is 0 Å². The normalized spacial score (nSPS) is 22.5. The number of hydrogen-bond acceptors (Lipinski definition) is 2. The van der Waals surface area contributed by atoms with Gasteiger partial charge >= 0.3 is 0 Å². The van der Waals surface area contributed by atoms with E-state index in [2.05, 4.69) is 12.2 Å². The Kier molecular flexibility index (Phi) is 5.09. The Hall–Kier alpha value is -0.340. The lowest BCUT2D eigenvalue weighted by Crippen LogP contribution is -2.28. The molecule has 1 rings (SSSR count). The molecule has 76 valence electrons. The Morgan fingerprint density at radius 3 is 2.38 bits per heavy atom. The quantitative estimate of drug-likeness (QED) is 0.483. The molecule has 0 aromatic heterocycles. The van der Waals surface area contributed by atoms with Crippen LogP contribution >= 0.6 is 0 Å². The monoisotopic (exact) mass is 184 g/mol. The molecule has 0 radical (unpaired) electrons. The van der Waals surface area contributed by atoms with Gasteiger partial charge in [-0.05, 0) is 33.1 Å². The fraction of sp³-hybridized carbons (Fsp3) is 0.818. The van der Waals surface area contributed by atoms with E-state index in [1.54, 1.807) is 0 Å². The fourth-order valence-electron chi connectivity index (χ4n) is 1.71. The Bertz CT molecular complexity index is 148. The zero-order valence-corrected chi connectivity index (χ0v) is 8.66. The second-order valence-electron chi connectivity index (χ2n) is 3.32. The van der Waals surface area contributed by atoms with Gasteiger partial charge in [0.05, 0.1) is 0 Å². The minimum absolute atomic E-state index is 0.0138. The fourth-order valence-corrected chi connectivity index (χ4v) is 1.71. The number of hydrogen-bond donors (Lipinski definition) is 0. The summed E-state index contributed by atoms with van der Waals surface area (Å²) in [5.41, 5.74) is 0. The minimum Gasteiger partial charge on any atom is -0.353 e. The first-order valence-corrected chi connectivity index (χ1v) is 5.26. The first-order chi connectivity index (χ1) is 6.38. The molecule has 1 aliphatic carbocycles. The molecule has 1 aliphatic rings. The molecule has 1 atom stereocenters. The van der Waals surface area contributed by atoms with Gasteiger partial charge in [0, 0.05) is 19.1 Å². The van der Waals surface area contributed by atoms with E-state index < -0.39 is 0 Å². The van der Waals surface area contributed by atoms with Crippen LogP contribution in [0.5, 0.6) is 0 Å². The van der Waals surface area contributed by atoms with Crippen LogP contribution in [0.1, 0.15) is 33.1 Å². The van der Waals surface area contributed by atoms with Crippen LogP contribution < -0.4 is 0 Å². The summed E-state index contributed by atoms with van der Waals surface area (Å²) in [5.74, 6) is 0.560. The molecule has 0 spiro atoms. The predicted octanol–water partition coefficient (Wildman–Crippen LogP) is 2.74. The van der Waals surface area contributed by atoms with Crippen molar-refractivity contribution < 1.29 is 9.47 Å². The van der Waals surface area contributed by atoms with Gasteiger partial charge in [0.2, 0.25) is 0 Å². The molecular formula is C11H20O2. The molecule has 2 nitrogen and oxygen atoms in total. The highest BCUT2D eigenvalue weighted by Gasteiger charge is 2.21. The van der Waals surface area contributed by atoms with Crippen LogP contribution in [0.25, 0.3) is 0 Å². The average Bonchev–Trinajstić information content (AvgIpc) is 2.19. The van der Waals surface area contributed by atoms with Crippen LogP contribution in [0.2, 0.25) is 0 Å². The van der Waals surface area contributed by atoms with E-state index in [0.717, 1.165) is 19.6 Å². The smallest absolute Gasteiger partial charge is 0.160 e. The molecule has 0 heterocycles. The Morgan fingerprint density at radius 1 is 1.23 bits per heavy atom. The molecule has 2 heteroatoms. The lowest BCUT2D eigenvalue weighted by atomic mass is 9.94. The minimum atomic E-state index is 0.0138. The summed E-state index contributed by atoms with van der Waals surface area (Å²) >= 11 is 0. The second-order valence-corrected chi connectivity index (χ2v) is 3.32. The summed E-state index contributed by atoms with van der Waals surface area (Å²) < 4.78 is 11.1. The summed E-state index contributed by atoms with van der Waals surface area (Å²) in [6.45, 7) is 5.52. The zero-order chi connectivity index (χ0) is 9.52. The third kappa shape index (κ3) is 3.49. The Morgan fingerprint density at radius 2 is 1.92 bits per heavy atom. The van der Waals surface area contributed by atoms with Crippen molar-refractivity contribution in [2.24, 2.45) is 5.92 Å². The predicted molar refractivity (Wildman–Crippen MR) is 53.5 cm³/mol. The molecule has 0 saturated heterocycles. The highest BCUT2D eigenvalue weighted by atomic mass is 16.7. The van der Waals surface area contributed by atoms with Crippen LogP contribution in [0.3, 0.4) is 0 Å². The van der Waals surface area contributed by atoms with Gasteiger partial charge in [-0.1, -0.05) is 12.2 Å². The highest BCUT2D eigenvalue weighted by Crippen LogP contribution is 2.24. The van der Waals surface area contributed by atoms with Gasteiger partial charge in [-0.15, -0.1) is 0 Å². The third-order valence-corrected chi connectivity index (χ3v) is 2.36. The summed E-state index contributed by atoms with van der Waals surface area (Å²) in [4.78, 5) is 0. The molecule has 0 aromatic rings. The molecule has 0 bridgehead atoms. The van der Waals surface area contributed by atoms with E-state index in [1.165, 1.54) is 12.8 Å². The maximum atomic E-state index is 5.57. The highest BCUT2D eigenvalue weighted by molar-refractivity contribution is 4.91. The molecule has 0 saturated carbocycles. The Labute approximate surface area is 80.9 Å². The number of rotatable bonds is 5. The maximum Gasteiger partial charge on any atom is 0.160 e. The standard InChI is InChI=1S/C11H20O2/c1-3-12-11(13-4-2)10-8-6-5-7-9-10/h5-6,10-11H,3-4,7-9H2,1-2H3. The topological polar surface area (TPSA) is 18.5 Å². The first kappa shape index (κ1) is 10.7. The van der Waals surface area contributed by atoms with Gasteiger partial charge in [-0.2, -0.15) is 0 Å². The molecule has 13 heavy (non-hydrogen) atoms.